The quantitative estimate of drug-likeness (QED) is 0.789. The molecule has 0 aliphatic carbocycles. The van der Waals surface area contributed by atoms with Gasteiger partial charge in [0.05, 0.1) is 6.54 Å². The fourth-order valence-corrected chi connectivity index (χ4v) is 1.43. The van der Waals surface area contributed by atoms with Crippen molar-refractivity contribution in [3.63, 3.8) is 0 Å². The van der Waals surface area contributed by atoms with Gasteiger partial charge in [-0.3, -0.25) is 4.99 Å². The van der Waals surface area contributed by atoms with Gasteiger partial charge in [0.2, 0.25) is 17.4 Å². The molecule has 1 aromatic heterocycles. The van der Waals surface area contributed by atoms with Crippen molar-refractivity contribution in [2.24, 2.45) is 4.99 Å². The minimum absolute atomic E-state index is 0.191. The topological polar surface area (TPSA) is 98.9 Å². The number of nitriles is 2. The number of nitrogens with zero attached hydrogens (tertiary/aromatic N) is 5. The molecule has 0 unspecified atom stereocenters. The third-order valence-electron chi connectivity index (χ3n) is 2.38. The minimum atomic E-state index is -0.340. The average Bonchev–Trinajstić information content (AvgIpc) is 2.93. The van der Waals surface area contributed by atoms with Crippen molar-refractivity contribution in [3.05, 3.63) is 36.0 Å². The van der Waals surface area contributed by atoms with Crippen LogP contribution in [0, 0.1) is 28.5 Å². The molecule has 7 heteroatoms. The maximum atomic E-state index is 12.8. The second-order valence-corrected chi connectivity index (χ2v) is 3.72. The van der Waals surface area contributed by atoms with Crippen molar-refractivity contribution in [3.8, 4) is 23.5 Å². The third-order valence-corrected chi connectivity index (χ3v) is 2.38. The normalized spacial score (nSPS) is 9.55. The molecular formula is C13H8FN5O. The van der Waals surface area contributed by atoms with Gasteiger partial charge < -0.3 is 4.52 Å². The van der Waals surface area contributed by atoms with Gasteiger partial charge in [-0.1, -0.05) is 5.16 Å². The van der Waals surface area contributed by atoms with E-state index < -0.39 is 0 Å². The lowest BCUT2D eigenvalue weighted by Gasteiger charge is -1.92. The highest BCUT2D eigenvalue weighted by Crippen LogP contribution is 2.16. The molecule has 0 aliphatic rings. The number of rotatable bonds is 4. The second kappa shape index (κ2) is 6.21. The van der Waals surface area contributed by atoms with Crippen LogP contribution >= 0.6 is 0 Å². The number of aliphatic imine (C=N–C) groups is 1. The van der Waals surface area contributed by atoms with E-state index in [4.69, 9.17) is 15.0 Å². The van der Waals surface area contributed by atoms with E-state index in [0.717, 1.165) is 0 Å². The van der Waals surface area contributed by atoms with E-state index >= 15 is 0 Å². The monoisotopic (exact) mass is 269 g/mol. The molecule has 0 bridgehead atoms. The van der Waals surface area contributed by atoms with Gasteiger partial charge in [0.15, 0.2) is 0 Å². The van der Waals surface area contributed by atoms with Crippen LogP contribution < -0.4 is 0 Å². The summed E-state index contributed by atoms with van der Waals surface area (Å²) in [4.78, 5) is 7.89. The highest BCUT2D eigenvalue weighted by molar-refractivity contribution is 6.10. The summed E-state index contributed by atoms with van der Waals surface area (Å²) < 4.78 is 17.8. The van der Waals surface area contributed by atoms with Crippen molar-refractivity contribution >= 4 is 5.71 Å². The van der Waals surface area contributed by atoms with Gasteiger partial charge in [0.25, 0.3) is 0 Å². The molecule has 0 atom stereocenters. The maximum absolute atomic E-state index is 12.8. The molecule has 0 saturated carbocycles. The summed E-state index contributed by atoms with van der Waals surface area (Å²) in [7, 11) is 0. The molecule has 0 radical (unpaired) electrons. The maximum Gasteiger partial charge on any atom is 0.228 e. The highest BCUT2D eigenvalue weighted by Gasteiger charge is 2.08. The van der Waals surface area contributed by atoms with Crippen LogP contribution in [0.4, 0.5) is 4.39 Å². The Kier molecular flexibility index (Phi) is 4.15. The Morgan fingerprint density at radius 1 is 1.25 bits per heavy atom. The lowest BCUT2D eigenvalue weighted by atomic mass is 10.2. The molecule has 0 aliphatic heterocycles. The number of aromatic nitrogens is 2. The van der Waals surface area contributed by atoms with Gasteiger partial charge in [0.1, 0.15) is 18.0 Å². The Morgan fingerprint density at radius 3 is 2.60 bits per heavy atom. The molecule has 0 N–H and O–H groups in total. The Balaban J connectivity index is 2.03. The van der Waals surface area contributed by atoms with Crippen molar-refractivity contribution < 1.29 is 8.91 Å². The Hall–Kier alpha value is -3.06. The van der Waals surface area contributed by atoms with Crippen LogP contribution in [-0.4, -0.2) is 22.4 Å². The van der Waals surface area contributed by atoms with Crippen molar-refractivity contribution in [1.29, 1.82) is 10.5 Å². The summed E-state index contributed by atoms with van der Waals surface area (Å²) in [5.41, 5.74) is 0.447. The number of halogens is 1. The van der Waals surface area contributed by atoms with Gasteiger partial charge in [-0.25, -0.2) is 4.39 Å². The first-order valence-corrected chi connectivity index (χ1v) is 5.66. The number of hydrogen-bond acceptors (Lipinski definition) is 6. The summed E-state index contributed by atoms with van der Waals surface area (Å²) in [6.45, 7) is 0.210. The fourth-order valence-electron chi connectivity index (χ4n) is 1.43. The Bertz CT molecular complexity index is 690. The first kappa shape index (κ1) is 13.4. The van der Waals surface area contributed by atoms with Crippen molar-refractivity contribution in [2.45, 2.75) is 6.42 Å². The zero-order valence-corrected chi connectivity index (χ0v) is 10.2. The van der Waals surface area contributed by atoms with Crippen LogP contribution in [0.1, 0.15) is 5.89 Å². The van der Waals surface area contributed by atoms with Crippen LogP contribution in [0.5, 0.6) is 0 Å². The first-order chi connectivity index (χ1) is 9.72. The average molecular weight is 269 g/mol. The molecule has 98 valence electrons. The Morgan fingerprint density at radius 2 is 1.95 bits per heavy atom. The smallest absolute Gasteiger partial charge is 0.228 e. The molecule has 20 heavy (non-hydrogen) atoms. The zero-order valence-electron chi connectivity index (χ0n) is 10.2. The van der Waals surface area contributed by atoms with E-state index in [-0.39, 0.29) is 18.1 Å². The van der Waals surface area contributed by atoms with Crippen LogP contribution in [0.25, 0.3) is 11.4 Å². The molecule has 0 saturated heterocycles. The molecule has 0 spiro atoms. The highest BCUT2D eigenvalue weighted by atomic mass is 19.1. The molecule has 1 aromatic carbocycles. The minimum Gasteiger partial charge on any atom is -0.339 e. The second-order valence-electron chi connectivity index (χ2n) is 3.72. The van der Waals surface area contributed by atoms with E-state index in [1.54, 1.807) is 24.3 Å². The Labute approximate surface area is 113 Å². The first-order valence-electron chi connectivity index (χ1n) is 5.66. The molecule has 0 fully saturated rings. The van der Waals surface area contributed by atoms with Gasteiger partial charge in [-0.15, -0.1) is 0 Å². The summed E-state index contributed by atoms with van der Waals surface area (Å²) in [6.07, 6.45) is 0.320. The van der Waals surface area contributed by atoms with Crippen LogP contribution in [0.2, 0.25) is 0 Å². The third kappa shape index (κ3) is 3.24. The fraction of sp³-hybridized carbons (Fsp3) is 0.154. The van der Waals surface area contributed by atoms with Crippen molar-refractivity contribution in [1.82, 2.24) is 10.1 Å². The van der Waals surface area contributed by atoms with E-state index in [2.05, 4.69) is 15.1 Å². The largest absolute Gasteiger partial charge is 0.339 e. The van der Waals surface area contributed by atoms with E-state index in [9.17, 15) is 4.39 Å². The van der Waals surface area contributed by atoms with Crippen LogP contribution in [-0.2, 0) is 6.42 Å². The lowest BCUT2D eigenvalue weighted by molar-refractivity contribution is 0.380. The lowest BCUT2D eigenvalue weighted by Crippen LogP contribution is -1.95. The number of benzene rings is 1. The standard InChI is InChI=1S/C13H8FN5O/c14-10-3-1-9(2-4-10)13-18-12(20-19-13)5-6-17-11(7-15)8-16/h1-4H,5-6H2. The van der Waals surface area contributed by atoms with E-state index in [0.29, 0.717) is 23.7 Å². The van der Waals surface area contributed by atoms with Crippen molar-refractivity contribution in [2.75, 3.05) is 6.54 Å². The van der Waals surface area contributed by atoms with Gasteiger partial charge in [-0.05, 0) is 24.3 Å². The SMILES string of the molecule is N#CC(C#N)=NCCc1nc(-c2ccc(F)cc2)no1. The molecule has 2 aromatic rings. The molecule has 2 rings (SSSR count). The zero-order chi connectivity index (χ0) is 14.4. The molecular weight excluding hydrogens is 261 g/mol. The van der Waals surface area contributed by atoms with E-state index in [1.165, 1.54) is 12.1 Å². The van der Waals surface area contributed by atoms with Crippen LogP contribution in [0.3, 0.4) is 0 Å². The molecule has 0 amide bonds. The summed E-state index contributed by atoms with van der Waals surface area (Å²) >= 11 is 0. The van der Waals surface area contributed by atoms with Gasteiger partial charge in [0, 0.05) is 12.0 Å². The molecule has 6 nitrogen and oxygen atoms in total. The van der Waals surface area contributed by atoms with Gasteiger partial charge in [-0.2, -0.15) is 15.5 Å². The van der Waals surface area contributed by atoms with Crippen LogP contribution in [0.15, 0.2) is 33.8 Å². The number of hydrogen-bond donors (Lipinski definition) is 0. The predicted octanol–water partition coefficient (Wildman–Crippen LogP) is 1.91. The summed E-state index contributed by atoms with van der Waals surface area (Å²) in [6, 6.07) is 9.03. The summed E-state index contributed by atoms with van der Waals surface area (Å²) in [5, 5.41) is 20.8. The molecule has 1 heterocycles. The predicted molar refractivity (Wildman–Crippen MR) is 66.9 cm³/mol. The van der Waals surface area contributed by atoms with Gasteiger partial charge >= 0.3 is 0 Å². The van der Waals surface area contributed by atoms with E-state index in [1.807, 2.05) is 0 Å². The summed E-state index contributed by atoms with van der Waals surface area (Å²) in [5.74, 6) is 0.348.